The maximum Gasteiger partial charge on any atom is 0.129 e. The molecule has 0 amide bonds. The molecular weight excluding hydrogens is 191 g/mol. The predicted molar refractivity (Wildman–Crippen MR) is 56.4 cm³/mol. The van der Waals surface area contributed by atoms with Gasteiger partial charge in [-0.1, -0.05) is 12.0 Å². The van der Waals surface area contributed by atoms with E-state index in [0.29, 0.717) is 17.7 Å². The minimum Gasteiger partial charge on any atom is -0.299 e. The molecule has 0 heterocycles. The van der Waals surface area contributed by atoms with Crippen LogP contribution in [-0.2, 0) is 0 Å². The van der Waals surface area contributed by atoms with Crippen molar-refractivity contribution in [1.29, 1.82) is 5.26 Å². The maximum absolute atomic E-state index is 13.5. The van der Waals surface area contributed by atoms with Gasteiger partial charge in [-0.05, 0) is 19.1 Å². The number of hydrogen-bond acceptors (Lipinski definition) is 2. The average molecular weight is 202 g/mol. The van der Waals surface area contributed by atoms with E-state index < -0.39 is 0 Å². The van der Waals surface area contributed by atoms with E-state index in [9.17, 15) is 4.39 Å². The van der Waals surface area contributed by atoms with Gasteiger partial charge >= 0.3 is 0 Å². The fourth-order valence-corrected chi connectivity index (χ4v) is 1.27. The van der Waals surface area contributed by atoms with Crippen LogP contribution in [0.2, 0.25) is 0 Å². The molecule has 0 aromatic heterocycles. The third-order valence-corrected chi connectivity index (χ3v) is 2.11. The molecule has 0 radical (unpaired) electrons. The zero-order valence-electron chi connectivity index (χ0n) is 8.42. The summed E-state index contributed by atoms with van der Waals surface area (Å²) < 4.78 is 13.5. The summed E-state index contributed by atoms with van der Waals surface area (Å²) in [6.07, 6.45) is 5.09. The fourth-order valence-electron chi connectivity index (χ4n) is 1.27. The van der Waals surface area contributed by atoms with Crippen molar-refractivity contribution in [3.8, 4) is 18.4 Å². The van der Waals surface area contributed by atoms with Crippen molar-refractivity contribution in [3.63, 3.8) is 0 Å². The number of halogens is 1. The van der Waals surface area contributed by atoms with Crippen LogP contribution in [0.25, 0.3) is 0 Å². The molecule has 1 aromatic carbocycles. The highest BCUT2D eigenvalue weighted by atomic mass is 19.1. The molecule has 1 aromatic rings. The topological polar surface area (TPSA) is 35.8 Å². The summed E-state index contributed by atoms with van der Waals surface area (Å²) in [5.74, 6) is 2.04. The molecule has 0 aliphatic carbocycles. The van der Waals surface area contributed by atoms with Crippen molar-refractivity contribution in [2.75, 3.05) is 6.54 Å². The number of terminal acetylenes is 1. The normalized spacial score (nSPS) is 11.5. The highest BCUT2D eigenvalue weighted by Crippen LogP contribution is 2.17. The van der Waals surface area contributed by atoms with Crippen LogP contribution in [0.3, 0.4) is 0 Å². The van der Waals surface area contributed by atoms with Crippen molar-refractivity contribution in [2.45, 2.75) is 13.0 Å². The first-order valence-electron chi connectivity index (χ1n) is 4.55. The zero-order valence-corrected chi connectivity index (χ0v) is 8.42. The lowest BCUT2D eigenvalue weighted by Crippen LogP contribution is -2.19. The summed E-state index contributed by atoms with van der Waals surface area (Å²) in [6, 6.07) is 6.14. The molecule has 1 rings (SSSR count). The Kier molecular flexibility index (Phi) is 3.85. The minimum absolute atomic E-state index is 0.159. The predicted octanol–water partition coefficient (Wildman–Crippen LogP) is 1.98. The van der Waals surface area contributed by atoms with Gasteiger partial charge in [0.1, 0.15) is 5.82 Å². The van der Waals surface area contributed by atoms with E-state index in [1.54, 1.807) is 12.1 Å². The van der Waals surface area contributed by atoms with Crippen LogP contribution in [0.4, 0.5) is 4.39 Å². The second-order valence-electron chi connectivity index (χ2n) is 3.15. The van der Waals surface area contributed by atoms with E-state index in [0.717, 1.165) is 0 Å². The quantitative estimate of drug-likeness (QED) is 0.761. The van der Waals surface area contributed by atoms with Gasteiger partial charge in [-0.3, -0.25) is 5.32 Å². The Bertz CT molecular complexity index is 426. The third-order valence-electron chi connectivity index (χ3n) is 2.11. The van der Waals surface area contributed by atoms with E-state index in [1.165, 1.54) is 6.07 Å². The van der Waals surface area contributed by atoms with Crippen molar-refractivity contribution in [2.24, 2.45) is 0 Å². The molecule has 0 spiro atoms. The second kappa shape index (κ2) is 5.14. The van der Waals surface area contributed by atoms with E-state index >= 15 is 0 Å². The Hall–Kier alpha value is -1.84. The monoisotopic (exact) mass is 202 g/mol. The highest BCUT2D eigenvalue weighted by molar-refractivity contribution is 5.34. The van der Waals surface area contributed by atoms with Gasteiger partial charge in [0, 0.05) is 11.6 Å². The Morgan fingerprint density at radius 1 is 1.60 bits per heavy atom. The summed E-state index contributed by atoms with van der Waals surface area (Å²) >= 11 is 0. The lowest BCUT2D eigenvalue weighted by molar-refractivity contribution is 0.551. The molecule has 1 N–H and O–H groups in total. The van der Waals surface area contributed by atoms with Crippen LogP contribution in [0.1, 0.15) is 24.1 Å². The number of nitrogens with zero attached hydrogens (tertiary/aromatic N) is 1. The molecule has 15 heavy (non-hydrogen) atoms. The summed E-state index contributed by atoms with van der Waals surface area (Å²) in [6.45, 7) is 2.21. The second-order valence-corrected chi connectivity index (χ2v) is 3.15. The fraction of sp³-hybridized carbons (Fsp3) is 0.250. The lowest BCUT2D eigenvalue weighted by atomic mass is 10.1. The summed E-state index contributed by atoms with van der Waals surface area (Å²) in [5.41, 5.74) is 0.838. The number of benzene rings is 1. The molecule has 3 heteroatoms. The molecule has 1 atom stereocenters. The van der Waals surface area contributed by atoms with Crippen molar-refractivity contribution < 1.29 is 4.39 Å². The molecule has 2 nitrogen and oxygen atoms in total. The van der Waals surface area contributed by atoms with Gasteiger partial charge in [0.05, 0.1) is 18.2 Å². The first-order valence-corrected chi connectivity index (χ1v) is 4.55. The summed E-state index contributed by atoms with van der Waals surface area (Å²) in [7, 11) is 0. The zero-order chi connectivity index (χ0) is 11.3. The number of nitrogens with one attached hydrogen (secondary N) is 1. The van der Waals surface area contributed by atoms with Gasteiger partial charge < -0.3 is 0 Å². The molecule has 0 fully saturated rings. The molecule has 76 valence electrons. The molecule has 1 unspecified atom stereocenters. The summed E-state index contributed by atoms with van der Waals surface area (Å²) in [4.78, 5) is 0. The molecule has 0 aliphatic rings. The number of hydrogen-bond donors (Lipinski definition) is 1. The van der Waals surface area contributed by atoms with Crippen LogP contribution < -0.4 is 5.32 Å². The highest BCUT2D eigenvalue weighted by Gasteiger charge is 2.10. The van der Waals surface area contributed by atoms with E-state index in [4.69, 9.17) is 11.7 Å². The molecule has 0 saturated heterocycles. The third kappa shape index (κ3) is 2.80. The number of rotatable bonds is 3. The van der Waals surface area contributed by atoms with Crippen LogP contribution in [0.15, 0.2) is 18.2 Å². The SMILES string of the molecule is C#CCNC(C)c1ccc(C#N)cc1F. The van der Waals surface area contributed by atoms with Crippen molar-refractivity contribution in [3.05, 3.63) is 35.1 Å². The maximum atomic E-state index is 13.5. The first kappa shape index (κ1) is 11.2. The Balaban J connectivity index is 2.87. The Labute approximate surface area is 88.7 Å². The van der Waals surface area contributed by atoms with Crippen LogP contribution in [0, 0.1) is 29.5 Å². The van der Waals surface area contributed by atoms with Crippen LogP contribution in [-0.4, -0.2) is 6.54 Å². The van der Waals surface area contributed by atoms with Gasteiger partial charge in [-0.2, -0.15) is 5.26 Å². The summed E-state index contributed by atoms with van der Waals surface area (Å²) in [5, 5.41) is 11.5. The smallest absolute Gasteiger partial charge is 0.129 e. The molecule has 0 saturated carbocycles. The van der Waals surface area contributed by atoms with Gasteiger partial charge in [0.25, 0.3) is 0 Å². The first-order chi connectivity index (χ1) is 7.19. The molecular formula is C12H11FN2. The Morgan fingerprint density at radius 2 is 2.33 bits per heavy atom. The van der Waals surface area contributed by atoms with Crippen LogP contribution in [0.5, 0.6) is 0 Å². The Morgan fingerprint density at radius 3 is 2.87 bits per heavy atom. The minimum atomic E-state index is -0.383. The average Bonchev–Trinajstić information content (AvgIpc) is 2.25. The van der Waals surface area contributed by atoms with Crippen molar-refractivity contribution >= 4 is 0 Å². The van der Waals surface area contributed by atoms with E-state index in [2.05, 4.69) is 11.2 Å². The van der Waals surface area contributed by atoms with Gasteiger partial charge in [-0.15, -0.1) is 6.42 Å². The lowest BCUT2D eigenvalue weighted by Gasteiger charge is -2.12. The molecule has 0 bridgehead atoms. The van der Waals surface area contributed by atoms with Crippen LogP contribution >= 0.6 is 0 Å². The standard InChI is InChI=1S/C12H11FN2/c1-3-6-15-9(2)11-5-4-10(8-14)7-12(11)13/h1,4-5,7,9,15H,6H2,2H3. The van der Waals surface area contributed by atoms with Crippen molar-refractivity contribution in [1.82, 2.24) is 5.32 Å². The molecule has 0 aliphatic heterocycles. The largest absolute Gasteiger partial charge is 0.299 e. The van der Waals surface area contributed by atoms with Gasteiger partial charge in [0.15, 0.2) is 0 Å². The van der Waals surface area contributed by atoms with E-state index in [1.807, 2.05) is 13.0 Å². The number of nitriles is 1. The van der Waals surface area contributed by atoms with Gasteiger partial charge in [-0.25, -0.2) is 4.39 Å². The van der Waals surface area contributed by atoms with Gasteiger partial charge in [0.2, 0.25) is 0 Å². The van der Waals surface area contributed by atoms with E-state index in [-0.39, 0.29) is 11.9 Å².